The van der Waals surface area contributed by atoms with Crippen molar-refractivity contribution in [2.45, 2.75) is 27.1 Å². The van der Waals surface area contributed by atoms with Crippen LogP contribution >= 0.6 is 0 Å². The molecule has 0 amide bonds. The van der Waals surface area contributed by atoms with Gasteiger partial charge in [-0.2, -0.15) is 5.10 Å². The van der Waals surface area contributed by atoms with Crippen molar-refractivity contribution in [3.8, 4) is 17.0 Å². The molecule has 0 fully saturated rings. The summed E-state index contributed by atoms with van der Waals surface area (Å²) < 4.78 is 43.5. The van der Waals surface area contributed by atoms with Crippen molar-refractivity contribution < 1.29 is 17.9 Å². The molecule has 0 spiro atoms. The zero-order valence-electron chi connectivity index (χ0n) is 12.8. The molecule has 3 rings (SSSR count). The van der Waals surface area contributed by atoms with E-state index < -0.39 is 6.36 Å². The zero-order valence-corrected chi connectivity index (χ0v) is 12.8. The number of alkyl halides is 3. The molecule has 0 aliphatic carbocycles. The summed E-state index contributed by atoms with van der Waals surface area (Å²) in [5.41, 5.74) is 3.87. The molecule has 0 saturated heterocycles. The van der Waals surface area contributed by atoms with E-state index in [-0.39, 0.29) is 11.3 Å². The minimum absolute atomic E-state index is 0.277. The van der Waals surface area contributed by atoms with Crippen LogP contribution in [0.5, 0.6) is 5.75 Å². The Bertz CT molecular complexity index is 884. The number of hydrogen-bond donors (Lipinski definition) is 0. The van der Waals surface area contributed by atoms with Crippen molar-refractivity contribution >= 4 is 5.65 Å². The second kappa shape index (κ2) is 5.26. The van der Waals surface area contributed by atoms with E-state index in [1.54, 1.807) is 22.7 Å². The van der Waals surface area contributed by atoms with Crippen molar-refractivity contribution in [3.63, 3.8) is 0 Å². The first kappa shape index (κ1) is 15.3. The van der Waals surface area contributed by atoms with Crippen LogP contribution in [0, 0.1) is 20.8 Å². The predicted octanol–water partition coefficient (Wildman–Crippen LogP) is 4.22. The molecule has 7 heteroatoms. The average Bonchev–Trinajstić information content (AvgIpc) is 2.75. The van der Waals surface area contributed by atoms with E-state index in [1.165, 1.54) is 12.1 Å². The molecule has 2 heterocycles. The fourth-order valence-electron chi connectivity index (χ4n) is 2.41. The van der Waals surface area contributed by atoms with Gasteiger partial charge in [0, 0.05) is 5.56 Å². The monoisotopic (exact) mass is 321 g/mol. The Labute approximate surface area is 130 Å². The number of halogens is 3. The molecule has 0 bridgehead atoms. The molecule has 0 saturated carbocycles. The highest BCUT2D eigenvalue weighted by molar-refractivity contribution is 5.69. The van der Waals surface area contributed by atoms with Crippen molar-refractivity contribution in [3.05, 3.63) is 47.3 Å². The maximum Gasteiger partial charge on any atom is 0.573 e. The number of ether oxygens (including phenoxy) is 1. The number of rotatable bonds is 2. The summed E-state index contributed by atoms with van der Waals surface area (Å²) in [5.74, 6) is -0.277. The van der Waals surface area contributed by atoms with Crippen molar-refractivity contribution in [2.24, 2.45) is 0 Å². The maximum absolute atomic E-state index is 12.6. The molecular weight excluding hydrogens is 307 g/mol. The topological polar surface area (TPSA) is 39.4 Å². The molecule has 120 valence electrons. The van der Waals surface area contributed by atoms with Crippen LogP contribution in [-0.4, -0.2) is 21.0 Å². The zero-order chi connectivity index (χ0) is 16.8. The second-order valence-electron chi connectivity index (χ2n) is 5.27. The summed E-state index contributed by atoms with van der Waals surface area (Å²) in [6, 6.07) is 7.66. The van der Waals surface area contributed by atoms with Crippen molar-refractivity contribution in [1.29, 1.82) is 0 Å². The van der Waals surface area contributed by atoms with Gasteiger partial charge in [-0.15, -0.1) is 13.2 Å². The van der Waals surface area contributed by atoms with Crippen LogP contribution in [0.2, 0.25) is 0 Å². The summed E-state index contributed by atoms with van der Waals surface area (Å²) in [4.78, 5) is 4.42. The van der Waals surface area contributed by atoms with Gasteiger partial charge in [-0.25, -0.2) is 9.50 Å². The standard InChI is InChI=1S/C16H14F3N3O/c1-9-8-13(21-22-11(3)10(2)20-15(9)22)12-6-4-5-7-14(12)23-16(17,18)19/h4-8H,1-3H3. The lowest BCUT2D eigenvalue weighted by Crippen LogP contribution is -2.17. The SMILES string of the molecule is Cc1nc2c(C)cc(-c3ccccc3OC(F)(F)F)nn2c1C. The minimum atomic E-state index is -4.75. The van der Waals surface area contributed by atoms with Crippen LogP contribution in [0.4, 0.5) is 13.2 Å². The molecule has 0 unspecified atom stereocenters. The van der Waals surface area contributed by atoms with Crippen LogP contribution < -0.4 is 4.74 Å². The van der Waals surface area contributed by atoms with Gasteiger partial charge in [-0.05, 0) is 44.5 Å². The molecule has 0 radical (unpaired) electrons. The third-order valence-corrected chi connectivity index (χ3v) is 3.62. The Morgan fingerprint density at radius 1 is 1.09 bits per heavy atom. The van der Waals surface area contributed by atoms with Gasteiger partial charge >= 0.3 is 6.36 Å². The normalized spacial score (nSPS) is 11.9. The van der Waals surface area contributed by atoms with Crippen LogP contribution in [0.3, 0.4) is 0 Å². The Kier molecular flexibility index (Phi) is 3.50. The lowest BCUT2D eigenvalue weighted by atomic mass is 10.1. The predicted molar refractivity (Wildman–Crippen MR) is 79.3 cm³/mol. The lowest BCUT2D eigenvalue weighted by molar-refractivity contribution is -0.274. The average molecular weight is 321 g/mol. The first-order valence-electron chi connectivity index (χ1n) is 6.95. The van der Waals surface area contributed by atoms with Gasteiger partial charge in [0.2, 0.25) is 0 Å². The highest BCUT2D eigenvalue weighted by Gasteiger charge is 2.32. The smallest absolute Gasteiger partial charge is 0.405 e. The van der Waals surface area contributed by atoms with Crippen LogP contribution in [-0.2, 0) is 0 Å². The van der Waals surface area contributed by atoms with Gasteiger partial charge in [-0.3, -0.25) is 0 Å². The molecule has 0 N–H and O–H groups in total. The summed E-state index contributed by atoms with van der Waals surface area (Å²) in [6.45, 7) is 5.58. The van der Waals surface area contributed by atoms with E-state index in [0.29, 0.717) is 11.3 Å². The number of nitrogens with zero attached hydrogens (tertiary/aromatic N) is 3. The Hall–Kier alpha value is -2.57. The van der Waals surface area contributed by atoms with Gasteiger partial charge in [0.25, 0.3) is 0 Å². The molecule has 1 aromatic carbocycles. The molecule has 2 aromatic heterocycles. The van der Waals surface area contributed by atoms with Gasteiger partial charge in [0.05, 0.1) is 17.1 Å². The van der Waals surface area contributed by atoms with E-state index in [9.17, 15) is 13.2 Å². The van der Waals surface area contributed by atoms with E-state index in [4.69, 9.17) is 0 Å². The highest BCUT2D eigenvalue weighted by Crippen LogP contribution is 2.33. The highest BCUT2D eigenvalue weighted by atomic mass is 19.4. The molecule has 4 nitrogen and oxygen atoms in total. The number of hydrogen-bond acceptors (Lipinski definition) is 3. The quantitative estimate of drug-likeness (QED) is 0.709. The van der Waals surface area contributed by atoms with E-state index in [1.807, 2.05) is 20.8 Å². The first-order chi connectivity index (χ1) is 10.8. The molecule has 0 aliphatic rings. The molecule has 0 aliphatic heterocycles. The fraction of sp³-hybridized carbons (Fsp3) is 0.250. The van der Waals surface area contributed by atoms with Crippen LogP contribution in [0.1, 0.15) is 17.0 Å². The van der Waals surface area contributed by atoms with E-state index in [0.717, 1.165) is 17.0 Å². The number of aryl methyl sites for hydroxylation is 3. The van der Waals surface area contributed by atoms with Gasteiger partial charge < -0.3 is 4.74 Å². The number of aromatic nitrogens is 3. The maximum atomic E-state index is 12.6. The number of para-hydroxylation sites is 1. The third-order valence-electron chi connectivity index (χ3n) is 3.62. The summed E-state index contributed by atoms with van der Waals surface area (Å²) in [6.07, 6.45) is -4.75. The van der Waals surface area contributed by atoms with Crippen molar-refractivity contribution in [2.75, 3.05) is 0 Å². The second-order valence-corrected chi connectivity index (χ2v) is 5.27. The Balaban J connectivity index is 2.20. The van der Waals surface area contributed by atoms with Gasteiger partial charge in [0.15, 0.2) is 5.65 Å². The fourth-order valence-corrected chi connectivity index (χ4v) is 2.41. The first-order valence-corrected chi connectivity index (χ1v) is 6.95. The molecule has 0 atom stereocenters. The number of benzene rings is 1. The van der Waals surface area contributed by atoms with Gasteiger partial charge in [0.1, 0.15) is 5.75 Å². The summed E-state index contributed by atoms with van der Waals surface area (Å²) in [7, 11) is 0. The molecular formula is C16H14F3N3O. The molecule has 23 heavy (non-hydrogen) atoms. The number of imidazole rings is 1. The van der Waals surface area contributed by atoms with Crippen LogP contribution in [0.15, 0.2) is 30.3 Å². The summed E-state index contributed by atoms with van der Waals surface area (Å²) >= 11 is 0. The minimum Gasteiger partial charge on any atom is -0.405 e. The Morgan fingerprint density at radius 2 is 1.78 bits per heavy atom. The lowest BCUT2D eigenvalue weighted by Gasteiger charge is -2.13. The van der Waals surface area contributed by atoms with Crippen LogP contribution in [0.25, 0.3) is 16.9 Å². The summed E-state index contributed by atoms with van der Waals surface area (Å²) in [5, 5.41) is 4.42. The van der Waals surface area contributed by atoms with Gasteiger partial charge in [-0.1, -0.05) is 12.1 Å². The number of fused-ring (bicyclic) bond motifs is 1. The van der Waals surface area contributed by atoms with E-state index >= 15 is 0 Å². The van der Waals surface area contributed by atoms with E-state index in [2.05, 4.69) is 14.8 Å². The largest absolute Gasteiger partial charge is 0.573 e. The third kappa shape index (κ3) is 2.86. The Morgan fingerprint density at radius 3 is 2.48 bits per heavy atom. The van der Waals surface area contributed by atoms with Crippen molar-refractivity contribution in [1.82, 2.24) is 14.6 Å². The molecule has 3 aromatic rings.